The van der Waals surface area contributed by atoms with Crippen LogP contribution in [0.3, 0.4) is 0 Å². The molecule has 4 aromatic rings. The number of rotatable bonds is 12. The van der Waals surface area contributed by atoms with Gasteiger partial charge in [-0.25, -0.2) is 9.78 Å². The Bertz CT molecular complexity index is 2600. The van der Waals surface area contributed by atoms with Crippen LogP contribution in [0.25, 0.3) is 21.7 Å². The van der Waals surface area contributed by atoms with E-state index in [0.29, 0.717) is 82.4 Å². The minimum Gasteiger partial charge on any atom is -0.508 e. The highest BCUT2D eigenvalue weighted by molar-refractivity contribution is 6.07. The fourth-order valence-corrected chi connectivity index (χ4v) is 9.57. The van der Waals surface area contributed by atoms with Crippen LogP contribution < -0.4 is 20.4 Å². The van der Waals surface area contributed by atoms with E-state index in [9.17, 15) is 45.3 Å². The molecule has 1 spiro atoms. The molecule has 3 aromatic carbocycles. The van der Waals surface area contributed by atoms with Crippen LogP contribution in [-0.4, -0.2) is 109 Å². The van der Waals surface area contributed by atoms with Gasteiger partial charge in [-0.3, -0.25) is 19.5 Å². The number of aliphatic imine (C=N–C) groups is 1. The van der Waals surface area contributed by atoms with Gasteiger partial charge in [-0.05, 0) is 72.5 Å². The Morgan fingerprint density at radius 3 is 2.67 bits per heavy atom. The van der Waals surface area contributed by atoms with Gasteiger partial charge < -0.3 is 50.2 Å². The van der Waals surface area contributed by atoms with Crippen LogP contribution in [0.2, 0.25) is 0 Å². The number of allylic oxidation sites excluding steroid dienone is 2. The lowest BCUT2D eigenvalue weighted by molar-refractivity contribution is -0.759. The number of aliphatic hydroxyl groups excluding tert-OH is 4. The molecule has 9 unspecified atom stereocenters. The first-order valence-corrected chi connectivity index (χ1v) is 20.4. The number of hydrogen-bond donors (Lipinski definition) is 9. The Balaban J connectivity index is 1.10. The Morgan fingerprint density at radius 1 is 1.07 bits per heavy atom. The number of amides is 1. The molecule has 9 N–H and O–H groups in total. The van der Waals surface area contributed by atoms with Crippen LogP contribution in [0.5, 0.6) is 17.2 Å². The second kappa shape index (κ2) is 15.8. The zero-order chi connectivity index (χ0) is 42.8. The van der Waals surface area contributed by atoms with Gasteiger partial charge in [0.1, 0.15) is 77.9 Å². The summed E-state index contributed by atoms with van der Waals surface area (Å²) in [7, 11) is 0. The van der Waals surface area contributed by atoms with Crippen LogP contribution in [0.4, 0.5) is 5.69 Å². The highest BCUT2D eigenvalue weighted by Crippen LogP contribution is 2.49. The molecule has 0 bridgehead atoms. The van der Waals surface area contributed by atoms with E-state index in [1.807, 2.05) is 18.4 Å². The zero-order valence-corrected chi connectivity index (χ0v) is 33.3. The molecule has 16 nitrogen and oxygen atoms in total. The van der Waals surface area contributed by atoms with E-state index in [1.54, 1.807) is 19.2 Å². The van der Waals surface area contributed by atoms with Gasteiger partial charge in [-0.15, -0.1) is 0 Å². The van der Waals surface area contributed by atoms with Gasteiger partial charge in [-0.2, -0.15) is 0 Å². The molecule has 0 saturated carbocycles. The van der Waals surface area contributed by atoms with Gasteiger partial charge in [0.15, 0.2) is 11.2 Å². The number of nitrogens with one attached hydrogen (secondary N) is 2. The molecule has 1 aromatic heterocycles. The van der Waals surface area contributed by atoms with Crippen molar-refractivity contribution in [3.05, 3.63) is 106 Å². The highest BCUT2D eigenvalue weighted by Gasteiger charge is 2.53. The summed E-state index contributed by atoms with van der Waals surface area (Å²) in [4.78, 5) is 43.6. The van der Waals surface area contributed by atoms with E-state index in [-0.39, 0.29) is 41.1 Å². The van der Waals surface area contributed by atoms with Crippen LogP contribution in [0, 0.1) is 18.8 Å². The molecule has 9 atom stereocenters. The van der Waals surface area contributed by atoms with E-state index < -0.39 is 55.3 Å². The molecular formula is C45H48N3O13+. The summed E-state index contributed by atoms with van der Waals surface area (Å²) in [6.07, 6.45) is 3.70. The van der Waals surface area contributed by atoms with Crippen molar-refractivity contribution in [3.8, 4) is 17.2 Å². The normalized spacial score (nSPS) is 26.7. The standard InChI is InChI=1S/C45H47N3O13/c1-23-11-35(52)32-12-27-13-37(61-58-22-44(57,43(56)40(55)36(53)21-49)16-25-4-7-34(51)30-6-5-29(50)15-31(25)30)45(9-2-3-24(17-45)28-14-38(54)47-18-28)60-41(27)39(42(32)59-23)48-19-26-8-10-46-33(26)20-48/h2-8,10-12,15,19,24,28,36-37,40,43,49-51,53,55-57H,9,13-14,16-18,20-22H2,1H3,(H,47,54)/p+1. The molecule has 1 aliphatic carbocycles. The third-order valence-electron chi connectivity index (χ3n) is 12.9. The van der Waals surface area contributed by atoms with Gasteiger partial charge in [0, 0.05) is 55.4 Å². The van der Waals surface area contributed by atoms with E-state index in [1.165, 1.54) is 36.4 Å². The Hall–Kier alpha value is -5.43. The largest absolute Gasteiger partial charge is 0.508 e. The quantitative estimate of drug-likeness (QED) is 0.0554. The minimum absolute atomic E-state index is 0.0263. The number of aliphatic hydroxyl groups is 5. The number of benzene rings is 3. The van der Waals surface area contributed by atoms with E-state index >= 15 is 0 Å². The van der Waals surface area contributed by atoms with Crippen LogP contribution in [-0.2, 0) is 27.4 Å². The van der Waals surface area contributed by atoms with E-state index in [4.69, 9.17) is 18.9 Å². The Labute approximate surface area is 348 Å². The van der Waals surface area contributed by atoms with Crippen molar-refractivity contribution in [2.24, 2.45) is 16.8 Å². The van der Waals surface area contributed by atoms with E-state index in [0.717, 1.165) is 16.2 Å². The molecule has 1 fully saturated rings. The smallest absolute Gasteiger partial charge is 0.222 e. The molecule has 4 aliphatic heterocycles. The number of ether oxygens (including phenoxy) is 1. The predicted octanol–water partition coefficient (Wildman–Crippen LogP) is 1.19. The predicted molar refractivity (Wildman–Crippen MR) is 219 cm³/mol. The lowest BCUT2D eigenvalue weighted by atomic mass is 9.71. The number of carbonyl (C=O) groups is 1. The number of fused-ring (bicyclic) bond motifs is 4. The fourth-order valence-electron chi connectivity index (χ4n) is 9.57. The molecule has 1 saturated heterocycles. The molecule has 320 valence electrons. The number of quaternary nitrogens is 1. The molecule has 1 amide bonds. The molecular weight excluding hydrogens is 791 g/mol. The van der Waals surface area contributed by atoms with Crippen LogP contribution >= 0.6 is 0 Å². The summed E-state index contributed by atoms with van der Waals surface area (Å²) in [6.45, 7) is 0.987. The minimum atomic E-state index is -2.40. The van der Waals surface area contributed by atoms with Crippen molar-refractivity contribution in [1.29, 1.82) is 0 Å². The van der Waals surface area contributed by atoms with Crippen molar-refractivity contribution < 1.29 is 64.4 Å². The van der Waals surface area contributed by atoms with Crippen molar-refractivity contribution in [2.45, 2.75) is 74.6 Å². The third kappa shape index (κ3) is 7.42. The van der Waals surface area contributed by atoms with Gasteiger partial charge in [-0.1, -0.05) is 18.2 Å². The summed E-state index contributed by atoms with van der Waals surface area (Å²) >= 11 is 0. The highest BCUT2D eigenvalue weighted by atomic mass is 17.2. The number of carbonyl (C=O) groups excluding carboxylic acids is 1. The fraction of sp³-hybridized carbons (Fsp3) is 0.400. The van der Waals surface area contributed by atoms with E-state index in [2.05, 4.69) is 16.4 Å². The van der Waals surface area contributed by atoms with Gasteiger partial charge in [0.05, 0.1) is 17.6 Å². The maximum Gasteiger partial charge on any atom is 0.222 e. The number of nitrogens with zero attached hydrogens (tertiary/aromatic N) is 1. The maximum atomic E-state index is 13.6. The number of hydrogen-bond acceptors (Lipinski definition) is 14. The summed E-state index contributed by atoms with van der Waals surface area (Å²) < 4.78 is 13.5. The maximum absolute atomic E-state index is 13.6. The molecule has 0 radical (unpaired) electrons. The molecule has 9 rings (SSSR count). The number of phenolic OH excluding ortho intramolecular Hbond substituents is 2. The van der Waals surface area contributed by atoms with Crippen molar-refractivity contribution in [1.82, 2.24) is 5.32 Å². The SMILES string of the molecule is Cc1cc(=O)c2cc3c(c([NH+]4C=C5C=CN=C5C4)c2o1)OC1(CC=CC(C2CNC(=O)C2)C1)C(OOCC(O)(Cc1ccc(O)c2ccc(O)cc12)C(O)C(O)C(O)CO)C3. The van der Waals surface area contributed by atoms with Crippen molar-refractivity contribution in [2.75, 3.05) is 26.3 Å². The Kier molecular flexibility index (Phi) is 10.6. The summed E-state index contributed by atoms with van der Waals surface area (Å²) in [5.74, 6) is 0.546. The topological polar surface area (TPSA) is 245 Å². The summed E-state index contributed by atoms with van der Waals surface area (Å²) in [5.41, 5.74) is 0.0659. The second-order valence-electron chi connectivity index (χ2n) is 17.0. The lowest BCUT2D eigenvalue weighted by Gasteiger charge is -2.47. The molecule has 16 heteroatoms. The Morgan fingerprint density at radius 2 is 1.90 bits per heavy atom. The monoisotopic (exact) mass is 838 g/mol. The van der Waals surface area contributed by atoms with Gasteiger partial charge in [0.25, 0.3) is 0 Å². The molecule has 5 heterocycles. The molecule has 61 heavy (non-hydrogen) atoms. The van der Waals surface area contributed by atoms with Gasteiger partial charge >= 0.3 is 0 Å². The first kappa shape index (κ1) is 40.9. The van der Waals surface area contributed by atoms with Gasteiger partial charge in [0.2, 0.25) is 17.2 Å². The number of phenols is 2. The third-order valence-corrected chi connectivity index (χ3v) is 12.9. The summed E-state index contributed by atoms with van der Waals surface area (Å²) in [6, 6.07) is 10.3. The average Bonchev–Trinajstić information content (AvgIpc) is 3.98. The second-order valence-corrected chi connectivity index (χ2v) is 17.0. The van der Waals surface area contributed by atoms with Crippen LogP contribution in [0.1, 0.15) is 36.1 Å². The molecule has 5 aliphatic rings. The zero-order valence-electron chi connectivity index (χ0n) is 33.3. The number of aryl methyl sites for hydroxylation is 1. The lowest BCUT2D eigenvalue weighted by Crippen LogP contribution is -3.01. The first-order valence-electron chi connectivity index (χ1n) is 20.4. The van der Waals surface area contributed by atoms with Crippen molar-refractivity contribution >= 4 is 39.0 Å². The van der Waals surface area contributed by atoms with Crippen molar-refractivity contribution in [3.63, 3.8) is 0 Å². The summed E-state index contributed by atoms with van der Waals surface area (Å²) in [5, 5.41) is 79.4. The van der Waals surface area contributed by atoms with Crippen LogP contribution in [0.15, 0.2) is 92.9 Å². The number of aromatic hydroxyl groups is 2. The average molecular weight is 839 g/mol. The first-order chi connectivity index (χ1) is 29.3.